The number of hydrogen-bond donors (Lipinski definition) is 2. The van der Waals surface area contributed by atoms with Crippen LogP contribution in [0.1, 0.15) is 0 Å². The van der Waals surface area contributed by atoms with E-state index in [9.17, 15) is 14.9 Å². The van der Waals surface area contributed by atoms with E-state index in [0.717, 1.165) is 9.79 Å². The van der Waals surface area contributed by atoms with E-state index in [1.807, 2.05) is 0 Å². The van der Waals surface area contributed by atoms with Crippen LogP contribution in [0.4, 0.5) is 16.2 Å². The van der Waals surface area contributed by atoms with E-state index in [2.05, 4.69) is 10.6 Å². The van der Waals surface area contributed by atoms with Crippen molar-refractivity contribution in [1.29, 1.82) is 0 Å². The van der Waals surface area contributed by atoms with Crippen molar-refractivity contribution >= 4 is 40.8 Å². The van der Waals surface area contributed by atoms with E-state index in [1.54, 1.807) is 30.3 Å². The summed E-state index contributed by atoms with van der Waals surface area (Å²) in [6.07, 6.45) is 0. The fraction of sp³-hybridized carbons (Fsp3) is 0.0714. The normalized spacial score (nSPS) is 10.1. The maximum Gasteiger partial charge on any atom is 0.318 e. The number of urea groups is 1. The van der Waals surface area contributed by atoms with Crippen LogP contribution in [0.15, 0.2) is 52.3 Å². The molecule has 0 unspecified atom stereocenters. The largest absolute Gasteiger partial charge is 0.341 e. The molecule has 2 rings (SSSR count). The highest BCUT2D eigenvalue weighted by Gasteiger charge is 2.08. The van der Waals surface area contributed by atoms with Gasteiger partial charge < -0.3 is 10.6 Å². The average molecular weight is 338 g/mol. The molecular weight excluding hydrogens is 326 g/mol. The second kappa shape index (κ2) is 7.15. The molecule has 2 N–H and O–H groups in total. The molecule has 0 heterocycles. The number of carbonyl (C=O) groups excluding carboxylic acids is 1. The molecule has 0 atom stereocenters. The molecule has 0 saturated carbocycles. The zero-order valence-corrected chi connectivity index (χ0v) is 13.1. The van der Waals surface area contributed by atoms with Gasteiger partial charge in [0, 0.05) is 34.7 Å². The second-order valence-electron chi connectivity index (χ2n) is 4.20. The van der Waals surface area contributed by atoms with Crippen molar-refractivity contribution in [3.8, 4) is 0 Å². The number of nitro groups is 1. The molecule has 0 aliphatic rings. The number of carbonyl (C=O) groups is 1. The summed E-state index contributed by atoms with van der Waals surface area (Å²) in [4.78, 5) is 23.0. The van der Waals surface area contributed by atoms with E-state index in [4.69, 9.17) is 11.6 Å². The van der Waals surface area contributed by atoms with Crippen molar-refractivity contribution in [3.05, 3.63) is 57.6 Å². The molecule has 8 heteroatoms. The number of anilines is 1. The van der Waals surface area contributed by atoms with Crippen LogP contribution in [-0.2, 0) is 0 Å². The Morgan fingerprint density at radius 3 is 2.45 bits per heavy atom. The second-order valence-corrected chi connectivity index (χ2v) is 5.72. The molecule has 0 saturated heterocycles. The summed E-state index contributed by atoms with van der Waals surface area (Å²) >= 11 is 7.57. The van der Waals surface area contributed by atoms with Gasteiger partial charge in [-0.1, -0.05) is 23.4 Å². The zero-order valence-electron chi connectivity index (χ0n) is 11.5. The standard InChI is InChI=1S/C14H12ClN3O3S/c1-16-14(19)17-9-2-7-13(12(15)8-9)22-11-5-3-10(4-6-11)18(20)21/h2-8H,1H3,(H2,16,17,19). The van der Waals surface area contributed by atoms with E-state index in [0.29, 0.717) is 10.7 Å². The lowest BCUT2D eigenvalue weighted by molar-refractivity contribution is -0.384. The lowest BCUT2D eigenvalue weighted by atomic mass is 10.3. The lowest BCUT2D eigenvalue weighted by Crippen LogP contribution is -2.24. The zero-order chi connectivity index (χ0) is 16.1. The third-order valence-corrected chi connectivity index (χ3v) is 4.20. The van der Waals surface area contributed by atoms with Gasteiger partial charge in [-0.25, -0.2) is 4.79 Å². The predicted molar refractivity (Wildman–Crippen MR) is 86.7 cm³/mol. The first kappa shape index (κ1) is 16.1. The van der Waals surface area contributed by atoms with Crippen LogP contribution in [0.3, 0.4) is 0 Å². The van der Waals surface area contributed by atoms with Crippen LogP contribution < -0.4 is 10.6 Å². The van der Waals surface area contributed by atoms with Crippen LogP contribution in [0, 0.1) is 10.1 Å². The molecule has 0 bridgehead atoms. The van der Waals surface area contributed by atoms with E-state index in [-0.39, 0.29) is 11.7 Å². The van der Waals surface area contributed by atoms with Gasteiger partial charge in [0.05, 0.1) is 9.95 Å². The van der Waals surface area contributed by atoms with Gasteiger partial charge in [0.2, 0.25) is 0 Å². The molecule has 0 aromatic heterocycles. The summed E-state index contributed by atoms with van der Waals surface area (Å²) in [5, 5.41) is 16.2. The number of rotatable bonds is 4. The van der Waals surface area contributed by atoms with Crippen LogP contribution in [0.25, 0.3) is 0 Å². The van der Waals surface area contributed by atoms with E-state index >= 15 is 0 Å². The summed E-state index contributed by atoms with van der Waals surface area (Å²) in [5.74, 6) is 0. The summed E-state index contributed by atoms with van der Waals surface area (Å²) < 4.78 is 0. The van der Waals surface area contributed by atoms with Gasteiger partial charge in [0.25, 0.3) is 5.69 Å². The number of nitrogens with zero attached hydrogens (tertiary/aromatic N) is 1. The first-order valence-electron chi connectivity index (χ1n) is 6.20. The SMILES string of the molecule is CNC(=O)Nc1ccc(Sc2ccc([N+](=O)[O-])cc2)c(Cl)c1. The van der Waals surface area contributed by atoms with Crippen molar-refractivity contribution in [2.75, 3.05) is 12.4 Å². The maximum atomic E-state index is 11.2. The van der Waals surface area contributed by atoms with Gasteiger partial charge in [-0.3, -0.25) is 10.1 Å². The third kappa shape index (κ3) is 4.12. The Bertz CT molecular complexity index is 707. The van der Waals surface area contributed by atoms with E-state index in [1.165, 1.54) is 30.9 Å². The van der Waals surface area contributed by atoms with Gasteiger partial charge in [0.15, 0.2) is 0 Å². The molecular formula is C14H12ClN3O3S. The van der Waals surface area contributed by atoms with Crippen LogP contribution in [-0.4, -0.2) is 18.0 Å². The minimum absolute atomic E-state index is 0.0422. The molecule has 2 amide bonds. The molecule has 0 aliphatic carbocycles. The Morgan fingerprint density at radius 1 is 1.23 bits per heavy atom. The summed E-state index contributed by atoms with van der Waals surface area (Å²) in [6.45, 7) is 0. The van der Waals surface area contributed by atoms with Crippen LogP contribution >= 0.6 is 23.4 Å². The monoisotopic (exact) mass is 337 g/mol. The minimum Gasteiger partial charge on any atom is -0.341 e. The number of benzene rings is 2. The number of nitrogens with one attached hydrogen (secondary N) is 2. The molecule has 2 aromatic carbocycles. The molecule has 0 fully saturated rings. The Kier molecular flexibility index (Phi) is 5.24. The smallest absolute Gasteiger partial charge is 0.318 e. The Hall–Kier alpha value is -2.25. The summed E-state index contributed by atoms with van der Waals surface area (Å²) in [6, 6.07) is 11.0. The predicted octanol–water partition coefficient (Wildman–Crippen LogP) is 4.15. The van der Waals surface area contributed by atoms with Gasteiger partial charge in [-0.05, 0) is 30.3 Å². The topological polar surface area (TPSA) is 84.3 Å². The maximum absolute atomic E-state index is 11.2. The molecule has 22 heavy (non-hydrogen) atoms. The fourth-order valence-electron chi connectivity index (χ4n) is 1.62. The Morgan fingerprint density at radius 2 is 1.91 bits per heavy atom. The highest BCUT2D eigenvalue weighted by atomic mass is 35.5. The molecule has 114 valence electrons. The van der Waals surface area contributed by atoms with Crippen molar-refractivity contribution in [3.63, 3.8) is 0 Å². The third-order valence-electron chi connectivity index (χ3n) is 2.69. The highest BCUT2D eigenvalue weighted by molar-refractivity contribution is 7.99. The van der Waals surface area contributed by atoms with Crippen LogP contribution in [0.2, 0.25) is 5.02 Å². The molecule has 2 aromatic rings. The highest BCUT2D eigenvalue weighted by Crippen LogP contribution is 2.35. The molecule has 0 radical (unpaired) electrons. The molecule has 6 nitrogen and oxygen atoms in total. The van der Waals surface area contributed by atoms with Crippen molar-refractivity contribution in [2.24, 2.45) is 0 Å². The average Bonchev–Trinajstić information content (AvgIpc) is 2.50. The van der Waals surface area contributed by atoms with Crippen molar-refractivity contribution in [1.82, 2.24) is 5.32 Å². The number of halogens is 1. The minimum atomic E-state index is -0.444. The quantitative estimate of drug-likeness (QED) is 0.648. The van der Waals surface area contributed by atoms with Gasteiger partial charge in [-0.2, -0.15) is 0 Å². The van der Waals surface area contributed by atoms with Crippen molar-refractivity contribution < 1.29 is 9.72 Å². The summed E-state index contributed by atoms with van der Waals surface area (Å²) in [7, 11) is 1.52. The van der Waals surface area contributed by atoms with E-state index < -0.39 is 4.92 Å². The van der Waals surface area contributed by atoms with Gasteiger partial charge in [0.1, 0.15) is 0 Å². The van der Waals surface area contributed by atoms with Gasteiger partial charge >= 0.3 is 6.03 Å². The lowest BCUT2D eigenvalue weighted by Gasteiger charge is -2.08. The number of hydrogen-bond acceptors (Lipinski definition) is 4. The Labute approximate surface area is 136 Å². The Balaban J connectivity index is 2.12. The molecule has 0 spiro atoms. The first-order chi connectivity index (χ1) is 10.5. The van der Waals surface area contributed by atoms with Crippen molar-refractivity contribution in [2.45, 2.75) is 9.79 Å². The van der Waals surface area contributed by atoms with Gasteiger partial charge in [-0.15, -0.1) is 0 Å². The first-order valence-corrected chi connectivity index (χ1v) is 7.39. The molecule has 0 aliphatic heterocycles. The number of non-ortho nitro benzene ring substituents is 1. The fourth-order valence-corrected chi connectivity index (χ4v) is 2.73. The summed E-state index contributed by atoms with van der Waals surface area (Å²) in [5.41, 5.74) is 0.623. The van der Waals surface area contributed by atoms with Crippen LogP contribution in [0.5, 0.6) is 0 Å². The number of amides is 2. The number of nitro benzene ring substituents is 1.